The second-order valence-electron chi connectivity index (χ2n) is 8.25. The first-order chi connectivity index (χ1) is 16.5. The number of phenolic OH excluding ortho intramolecular Hbond substituents is 1. The number of aliphatic hydroxyl groups is 1. The van der Waals surface area contributed by atoms with E-state index in [9.17, 15) is 15.0 Å². The van der Waals surface area contributed by atoms with E-state index in [4.69, 9.17) is 5.73 Å². The molecule has 7 nitrogen and oxygen atoms in total. The number of pyridine rings is 1. The lowest BCUT2D eigenvalue weighted by atomic mass is 10.1. The molecule has 2 aromatic carbocycles. The van der Waals surface area contributed by atoms with E-state index in [0.29, 0.717) is 24.3 Å². The van der Waals surface area contributed by atoms with E-state index in [2.05, 4.69) is 47.0 Å². The first-order valence-electron chi connectivity index (χ1n) is 11.4. The number of aromatic nitrogens is 1. The van der Waals surface area contributed by atoms with Gasteiger partial charge in [-0.2, -0.15) is 0 Å². The first-order valence-corrected chi connectivity index (χ1v) is 11.4. The highest BCUT2D eigenvalue weighted by molar-refractivity contribution is 5.68. The molecule has 0 amide bonds. The van der Waals surface area contributed by atoms with Gasteiger partial charge in [-0.05, 0) is 85.6 Å². The molecule has 1 aliphatic heterocycles. The lowest BCUT2D eigenvalue weighted by Crippen LogP contribution is -2.28. The number of phenols is 1. The lowest BCUT2D eigenvalue weighted by molar-refractivity contribution is 0.103. The number of fused-ring (bicyclic) bond motifs is 1. The quantitative estimate of drug-likeness (QED) is 0.233. The number of aliphatic hydroxyl groups excluding tert-OH is 1. The molecule has 0 aromatic heterocycles. The summed E-state index contributed by atoms with van der Waals surface area (Å²) in [6.07, 6.45) is 2.42. The van der Waals surface area contributed by atoms with Crippen molar-refractivity contribution in [1.82, 2.24) is 9.88 Å². The molecule has 1 heterocycles. The van der Waals surface area contributed by atoms with Crippen LogP contribution >= 0.6 is 0 Å². The van der Waals surface area contributed by atoms with Gasteiger partial charge in [0.15, 0.2) is 5.43 Å². The normalized spacial score (nSPS) is 12.1. The molecule has 0 bridgehead atoms. The van der Waals surface area contributed by atoms with Gasteiger partial charge in [0.25, 0.3) is 0 Å². The van der Waals surface area contributed by atoms with Gasteiger partial charge in [0.2, 0.25) is 0 Å². The van der Waals surface area contributed by atoms with Gasteiger partial charge >= 0.3 is 0 Å². The molecule has 4 rings (SSSR count). The van der Waals surface area contributed by atoms with Crippen LogP contribution in [-0.2, 0) is 12.8 Å². The predicted molar refractivity (Wildman–Crippen MR) is 136 cm³/mol. The highest BCUT2D eigenvalue weighted by Crippen LogP contribution is 2.29. The van der Waals surface area contributed by atoms with Gasteiger partial charge in [0, 0.05) is 29.7 Å². The Morgan fingerprint density at radius 2 is 1.53 bits per heavy atom. The number of nitrogens with one attached hydrogen (secondary N) is 2. The highest BCUT2D eigenvalue weighted by atomic mass is 16.3. The molecule has 34 heavy (non-hydrogen) atoms. The molecule has 0 unspecified atom stereocenters. The Morgan fingerprint density at radius 3 is 2.18 bits per heavy atom. The van der Waals surface area contributed by atoms with Crippen LogP contribution in [0.3, 0.4) is 0 Å². The van der Waals surface area contributed by atoms with Gasteiger partial charge in [-0.3, -0.25) is 4.79 Å². The van der Waals surface area contributed by atoms with Gasteiger partial charge in [-0.25, -0.2) is 0 Å². The fraction of sp³-hybridized carbons (Fsp3) is 0.222. The van der Waals surface area contributed by atoms with Crippen molar-refractivity contribution in [3.63, 3.8) is 0 Å². The van der Waals surface area contributed by atoms with Crippen LogP contribution in [0.2, 0.25) is 0 Å². The largest absolute Gasteiger partial charge is 0.506 e. The van der Waals surface area contributed by atoms with Gasteiger partial charge in [0.05, 0.1) is 5.69 Å². The van der Waals surface area contributed by atoms with Gasteiger partial charge in [-0.1, -0.05) is 24.3 Å². The molecular weight excluding hydrogens is 428 g/mol. The Hall–Kier alpha value is -3.65. The third-order valence-electron chi connectivity index (χ3n) is 5.79. The van der Waals surface area contributed by atoms with E-state index in [0.717, 1.165) is 24.2 Å². The van der Waals surface area contributed by atoms with Crippen LogP contribution < -0.4 is 21.8 Å². The van der Waals surface area contributed by atoms with Crippen LogP contribution in [0, 0.1) is 0 Å². The van der Waals surface area contributed by atoms with Gasteiger partial charge in [-0.15, -0.1) is 0 Å². The Morgan fingerprint density at radius 1 is 0.882 bits per heavy atom. The molecular formula is C27H30N4O3. The summed E-state index contributed by atoms with van der Waals surface area (Å²) in [5.74, 6) is -0.0329. The fourth-order valence-electron chi connectivity index (χ4n) is 3.97. The minimum absolute atomic E-state index is 0.0329. The Kier molecular flexibility index (Phi) is 7.59. The van der Waals surface area contributed by atoms with Gasteiger partial charge < -0.3 is 31.1 Å². The summed E-state index contributed by atoms with van der Waals surface area (Å²) in [6, 6.07) is 22.6. The molecule has 6 N–H and O–H groups in total. The minimum Gasteiger partial charge on any atom is -0.506 e. The van der Waals surface area contributed by atoms with E-state index in [1.165, 1.54) is 27.8 Å². The molecule has 0 saturated carbocycles. The summed E-state index contributed by atoms with van der Waals surface area (Å²) in [4.78, 5) is 12.1. The molecule has 176 valence electrons. The molecule has 0 fully saturated rings. The predicted octanol–water partition coefficient (Wildman–Crippen LogP) is 3.23. The van der Waals surface area contributed by atoms with E-state index >= 15 is 0 Å². The van der Waals surface area contributed by atoms with Crippen LogP contribution in [0.25, 0.3) is 11.3 Å². The maximum atomic E-state index is 12.1. The zero-order chi connectivity index (χ0) is 23.9. The average Bonchev–Trinajstić information content (AvgIpc) is 2.86. The number of rotatable bonds is 10. The zero-order valence-corrected chi connectivity index (χ0v) is 18.9. The van der Waals surface area contributed by atoms with Crippen molar-refractivity contribution in [2.24, 2.45) is 5.73 Å². The van der Waals surface area contributed by atoms with Crippen molar-refractivity contribution in [3.05, 3.63) is 100 Å². The summed E-state index contributed by atoms with van der Waals surface area (Å²) < 4.78 is 1.52. The smallest absolute Gasteiger partial charge is 0.188 e. The zero-order valence-electron chi connectivity index (χ0n) is 18.9. The first kappa shape index (κ1) is 23.5. The van der Waals surface area contributed by atoms with E-state index in [-0.39, 0.29) is 17.7 Å². The molecule has 0 radical (unpaired) electrons. The Balaban J connectivity index is 1.27. The molecule has 0 saturated heterocycles. The SMILES string of the molecule is NCCc1ccc(Nc2ccc(CCNC[C@@H](O)n3cccc4c(=O)ccc(O)c3-4)cc2)cc1. The van der Waals surface area contributed by atoms with Crippen molar-refractivity contribution in [2.75, 3.05) is 25.0 Å². The van der Waals surface area contributed by atoms with Crippen molar-refractivity contribution < 1.29 is 10.2 Å². The maximum absolute atomic E-state index is 12.1. The third-order valence-corrected chi connectivity index (χ3v) is 5.79. The third kappa shape index (κ3) is 5.63. The van der Waals surface area contributed by atoms with Crippen LogP contribution in [0.5, 0.6) is 5.75 Å². The highest BCUT2D eigenvalue weighted by Gasteiger charge is 2.18. The molecule has 7 heteroatoms. The molecule has 1 aliphatic carbocycles. The van der Waals surface area contributed by atoms with Crippen LogP contribution in [0.1, 0.15) is 17.4 Å². The fourth-order valence-corrected chi connectivity index (χ4v) is 3.97. The van der Waals surface area contributed by atoms with E-state index < -0.39 is 6.23 Å². The van der Waals surface area contributed by atoms with Crippen LogP contribution in [-0.4, -0.2) is 34.4 Å². The summed E-state index contributed by atoms with van der Waals surface area (Å²) in [6.45, 7) is 1.61. The molecule has 1 atom stereocenters. The monoisotopic (exact) mass is 458 g/mol. The Labute approximate surface area is 198 Å². The van der Waals surface area contributed by atoms with Crippen molar-refractivity contribution >= 4 is 11.4 Å². The van der Waals surface area contributed by atoms with Crippen LogP contribution in [0.4, 0.5) is 11.4 Å². The number of hydrogen-bond acceptors (Lipinski definition) is 6. The summed E-state index contributed by atoms with van der Waals surface area (Å²) in [5.41, 5.74) is 10.6. The topological polar surface area (TPSA) is 113 Å². The van der Waals surface area contributed by atoms with Crippen molar-refractivity contribution in [1.29, 1.82) is 0 Å². The summed E-state index contributed by atoms with van der Waals surface area (Å²) in [5, 5.41) is 27.5. The second kappa shape index (κ2) is 11.0. The number of benzene rings is 3. The lowest BCUT2D eigenvalue weighted by Gasteiger charge is -2.21. The number of anilines is 2. The molecule has 2 aromatic rings. The van der Waals surface area contributed by atoms with E-state index in [1.807, 2.05) is 12.1 Å². The number of aromatic hydroxyl groups is 1. The maximum Gasteiger partial charge on any atom is 0.188 e. The standard InChI is InChI=1S/C27H30N4O3/c28-15-13-19-3-7-21(8-4-19)30-22-9-5-20(6-10-22)14-16-29-18-26(34)31-17-1-2-23-24(32)11-12-25(33)27(23)31/h1-12,17,26,29-30,33-34H,13-16,18,28H2/t26-/m1/s1. The summed E-state index contributed by atoms with van der Waals surface area (Å²) >= 11 is 0. The number of nitrogens with two attached hydrogens (primary N) is 1. The van der Waals surface area contributed by atoms with Gasteiger partial charge in [0.1, 0.15) is 12.0 Å². The second-order valence-corrected chi connectivity index (χ2v) is 8.25. The van der Waals surface area contributed by atoms with Crippen molar-refractivity contribution in [2.45, 2.75) is 19.1 Å². The average molecular weight is 459 g/mol. The molecule has 2 aliphatic rings. The Bertz CT molecular complexity index is 1240. The molecule has 0 spiro atoms. The van der Waals surface area contributed by atoms with Crippen LogP contribution in [0.15, 0.2) is 83.8 Å². The summed E-state index contributed by atoms with van der Waals surface area (Å²) in [7, 11) is 0. The van der Waals surface area contributed by atoms with E-state index in [1.54, 1.807) is 18.3 Å². The van der Waals surface area contributed by atoms with Crippen molar-refractivity contribution in [3.8, 4) is 17.0 Å². The number of hydrogen-bond donors (Lipinski definition) is 5. The number of nitrogens with zero attached hydrogens (tertiary/aromatic N) is 1. The minimum atomic E-state index is -0.917.